The Labute approximate surface area is 68.2 Å². The van der Waals surface area contributed by atoms with Crippen molar-refractivity contribution in [3.05, 3.63) is 0 Å². The summed E-state index contributed by atoms with van der Waals surface area (Å²) in [6.45, 7) is 4.68. The predicted octanol–water partition coefficient (Wildman–Crippen LogP) is 2.00. The number of hydrogen-bond acceptors (Lipinski definition) is 2. The van der Waals surface area contributed by atoms with Gasteiger partial charge in [0.2, 0.25) is 0 Å². The van der Waals surface area contributed by atoms with Gasteiger partial charge in [0.25, 0.3) is 0 Å². The first-order chi connectivity index (χ1) is 4.72. The molecule has 0 fully saturated rings. The molecule has 62 valence electrons. The van der Waals surface area contributed by atoms with Crippen LogP contribution in [-0.4, -0.2) is 23.7 Å². The molecule has 0 rings (SSSR count). The minimum atomic E-state index is 0.345. The van der Waals surface area contributed by atoms with Crippen molar-refractivity contribution >= 4 is 11.8 Å². The lowest BCUT2D eigenvalue weighted by atomic mass is 9.94. The van der Waals surface area contributed by atoms with Gasteiger partial charge in [0, 0.05) is 6.61 Å². The standard InChI is InChI=1S/C8H18OS/c1-7(2)8(6-9)4-5-10-3/h7-9H,4-6H2,1-3H3. The number of hydrogen-bond donors (Lipinski definition) is 1. The molecule has 0 aliphatic rings. The van der Waals surface area contributed by atoms with Crippen molar-refractivity contribution in [1.82, 2.24) is 0 Å². The van der Waals surface area contributed by atoms with Crippen LogP contribution in [0.4, 0.5) is 0 Å². The first-order valence-electron chi connectivity index (χ1n) is 3.82. The summed E-state index contributed by atoms with van der Waals surface area (Å²) < 4.78 is 0. The van der Waals surface area contributed by atoms with Gasteiger partial charge in [-0.3, -0.25) is 0 Å². The van der Waals surface area contributed by atoms with E-state index in [0.29, 0.717) is 18.4 Å². The van der Waals surface area contributed by atoms with Gasteiger partial charge < -0.3 is 5.11 Å². The zero-order valence-electron chi connectivity index (χ0n) is 7.13. The molecule has 1 nitrogen and oxygen atoms in total. The zero-order valence-corrected chi connectivity index (χ0v) is 7.95. The Kier molecular flexibility index (Phi) is 6.24. The van der Waals surface area contributed by atoms with Gasteiger partial charge in [-0.05, 0) is 30.3 Å². The van der Waals surface area contributed by atoms with Crippen molar-refractivity contribution in [3.8, 4) is 0 Å². The van der Waals surface area contributed by atoms with Gasteiger partial charge in [-0.1, -0.05) is 13.8 Å². The second-order valence-electron chi connectivity index (χ2n) is 2.97. The van der Waals surface area contributed by atoms with E-state index in [1.165, 1.54) is 5.75 Å². The second kappa shape index (κ2) is 6.05. The number of rotatable bonds is 5. The van der Waals surface area contributed by atoms with Gasteiger partial charge >= 0.3 is 0 Å². The lowest BCUT2D eigenvalue weighted by Gasteiger charge is -2.16. The molecule has 0 aliphatic carbocycles. The molecule has 0 amide bonds. The second-order valence-corrected chi connectivity index (χ2v) is 3.95. The molecule has 1 unspecified atom stereocenters. The molecule has 10 heavy (non-hydrogen) atoms. The Morgan fingerprint density at radius 3 is 2.30 bits per heavy atom. The van der Waals surface area contributed by atoms with Crippen molar-refractivity contribution in [1.29, 1.82) is 0 Å². The fraction of sp³-hybridized carbons (Fsp3) is 1.00. The Morgan fingerprint density at radius 2 is 2.00 bits per heavy atom. The Morgan fingerprint density at radius 1 is 1.40 bits per heavy atom. The molecular formula is C8H18OS. The minimum absolute atomic E-state index is 0.345. The van der Waals surface area contributed by atoms with Crippen LogP contribution in [0, 0.1) is 11.8 Å². The van der Waals surface area contributed by atoms with Gasteiger partial charge in [0.15, 0.2) is 0 Å². The van der Waals surface area contributed by atoms with Crippen molar-refractivity contribution < 1.29 is 5.11 Å². The number of aliphatic hydroxyl groups is 1. The van der Waals surface area contributed by atoms with E-state index in [0.717, 1.165) is 6.42 Å². The van der Waals surface area contributed by atoms with Crippen LogP contribution < -0.4 is 0 Å². The SMILES string of the molecule is CSCCC(CO)C(C)C. The molecule has 1 N–H and O–H groups in total. The van der Waals surface area contributed by atoms with Crippen molar-refractivity contribution in [2.45, 2.75) is 20.3 Å². The fourth-order valence-electron chi connectivity index (χ4n) is 0.905. The zero-order chi connectivity index (χ0) is 7.98. The van der Waals surface area contributed by atoms with Crippen molar-refractivity contribution in [3.63, 3.8) is 0 Å². The first kappa shape index (κ1) is 10.3. The summed E-state index contributed by atoms with van der Waals surface area (Å²) in [4.78, 5) is 0. The third-order valence-corrected chi connectivity index (χ3v) is 2.51. The van der Waals surface area contributed by atoms with E-state index in [9.17, 15) is 0 Å². The van der Waals surface area contributed by atoms with Gasteiger partial charge in [0.1, 0.15) is 0 Å². The predicted molar refractivity (Wildman–Crippen MR) is 48.4 cm³/mol. The van der Waals surface area contributed by atoms with E-state index in [-0.39, 0.29) is 0 Å². The van der Waals surface area contributed by atoms with Crippen LogP contribution in [-0.2, 0) is 0 Å². The van der Waals surface area contributed by atoms with Crippen LogP contribution in [0.15, 0.2) is 0 Å². The maximum Gasteiger partial charge on any atom is 0.0462 e. The molecule has 0 saturated carbocycles. The van der Waals surface area contributed by atoms with Crippen LogP contribution >= 0.6 is 11.8 Å². The molecule has 0 spiro atoms. The summed E-state index contributed by atoms with van der Waals surface area (Å²) >= 11 is 1.85. The molecule has 0 radical (unpaired) electrons. The molecular weight excluding hydrogens is 144 g/mol. The fourth-order valence-corrected chi connectivity index (χ4v) is 1.44. The molecule has 2 heteroatoms. The lowest BCUT2D eigenvalue weighted by Crippen LogP contribution is -2.13. The number of thioether (sulfide) groups is 1. The molecule has 0 aromatic heterocycles. The first-order valence-corrected chi connectivity index (χ1v) is 5.21. The quantitative estimate of drug-likeness (QED) is 0.667. The Hall–Kier alpha value is 0.310. The van der Waals surface area contributed by atoms with Crippen molar-refractivity contribution in [2.75, 3.05) is 18.6 Å². The molecule has 0 bridgehead atoms. The molecule has 0 aliphatic heterocycles. The molecule has 0 aromatic carbocycles. The van der Waals surface area contributed by atoms with E-state index in [4.69, 9.17) is 5.11 Å². The van der Waals surface area contributed by atoms with Crippen LogP contribution in [0.5, 0.6) is 0 Å². The van der Waals surface area contributed by atoms with Crippen LogP contribution in [0.1, 0.15) is 20.3 Å². The third kappa shape index (κ3) is 4.18. The smallest absolute Gasteiger partial charge is 0.0462 e. The summed E-state index contributed by atoms with van der Waals surface area (Å²) in [5.41, 5.74) is 0. The van der Waals surface area contributed by atoms with Gasteiger partial charge in [0.05, 0.1) is 0 Å². The largest absolute Gasteiger partial charge is 0.396 e. The van der Waals surface area contributed by atoms with E-state index in [1.54, 1.807) is 0 Å². The van der Waals surface area contributed by atoms with Crippen LogP contribution in [0.3, 0.4) is 0 Å². The summed E-state index contributed by atoms with van der Waals surface area (Å²) in [5, 5.41) is 8.91. The highest BCUT2D eigenvalue weighted by atomic mass is 32.2. The Balaban J connectivity index is 3.40. The molecule has 0 aromatic rings. The minimum Gasteiger partial charge on any atom is -0.396 e. The molecule has 0 heterocycles. The highest BCUT2D eigenvalue weighted by Crippen LogP contribution is 2.15. The normalized spacial score (nSPS) is 14.1. The lowest BCUT2D eigenvalue weighted by molar-refractivity contribution is 0.187. The summed E-state index contributed by atoms with van der Waals surface area (Å²) in [6.07, 6.45) is 3.25. The van der Waals surface area contributed by atoms with E-state index >= 15 is 0 Å². The van der Waals surface area contributed by atoms with Gasteiger partial charge in [-0.25, -0.2) is 0 Å². The topological polar surface area (TPSA) is 20.2 Å². The highest BCUT2D eigenvalue weighted by Gasteiger charge is 2.10. The maximum atomic E-state index is 8.91. The van der Waals surface area contributed by atoms with Crippen LogP contribution in [0.25, 0.3) is 0 Å². The molecule has 1 atom stereocenters. The average Bonchev–Trinajstić information content (AvgIpc) is 1.89. The average molecular weight is 162 g/mol. The summed E-state index contributed by atoms with van der Waals surface area (Å²) in [6, 6.07) is 0. The summed E-state index contributed by atoms with van der Waals surface area (Å²) in [7, 11) is 0. The van der Waals surface area contributed by atoms with E-state index < -0.39 is 0 Å². The third-order valence-electron chi connectivity index (χ3n) is 1.87. The van der Waals surface area contributed by atoms with Crippen molar-refractivity contribution in [2.24, 2.45) is 11.8 Å². The molecule has 0 saturated heterocycles. The van der Waals surface area contributed by atoms with E-state index in [2.05, 4.69) is 20.1 Å². The Bertz CT molecular complexity index is 73.7. The maximum absolute atomic E-state index is 8.91. The highest BCUT2D eigenvalue weighted by molar-refractivity contribution is 7.98. The van der Waals surface area contributed by atoms with Crippen LogP contribution in [0.2, 0.25) is 0 Å². The summed E-state index contributed by atoms with van der Waals surface area (Å²) in [5.74, 6) is 2.30. The monoisotopic (exact) mass is 162 g/mol. The number of aliphatic hydroxyl groups excluding tert-OH is 1. The van der Waals surface area contributed by atoms with Gasteiger partial charge in [-0.2, -0.15) is 11.8 Å². The van der Waals surface area contributed by atoms with Gasteiger partial charge in [-0.15, -0.1) is 0 Å². The van der Waals surface area contributed by atoms with E-state index in [1.807, 2.05) is 11.8 Å².